The fourth-order valence-electron chi connectivity index (χ4n) is 2.47. The van der Waals surface area contributed by atoms with Gasteiger partial charge in [0, 0.05) is 6.04 Å². The van der Waals surface area contributed by atoms with Crippen LogP contribution in [0.2, 0.25) is 0 Å². The first-order chi connectivity index (χ1) is 11.1. The predicted octanol–water partition coefficient (Wildman–Crippen LogP) is 3.06. The van der Waals surface area contributed by atoms with Crippen LogP contribution in [-0.4, -0.2) is 23.0 Å². The van der Waals surface area contributed by atoms with E-state index in [0.717, 1.165) is 12.8 Å². The molecule has 0 heterocycles. The zero-order valence-electron chi connectivity index (χ0n) is 13.2. The van der Waals surface area contributed by atoms with Crippen molar-refractivity contribution in [1.29, 1.82) is 0 Å². The highest BCUT2D eigenvalue weighted by Crippen LogP contribution is 2.08. The van der Waals surface area contributed by atoms with Crippen molar-refractivity contribution in [2.45, 2.75) is 32.2 Å². The second-order valence-electron chi connectivity index (χ2n) is 5.54. The van der Waals surface area contributed by atoms with Gasteiger partial charge in [-0.05, 0) is 36.1 Å². The van der Waals surface area contributed by atoms with E-state index in [1.165, 1.54) is 11.6 Å². The van der Waals surface area contributed by atoms with E-state index in [9.17, 15) is 9.59 Å². The molecule has 0 spiro atoms. The topological polar surface area (TPSA) is 66.4 Å². The average molecular weight is 311 g/mol. The number of hydrogen-bond acceptors (Lipinski definition) is 2. The normalized spacial score (nSPS) is 11.7. The van der Waals surface area contributed by atoms with Crippen molar-refractivity contribution >= 4 is 11.9 Å². The van der Waals surface area contributed by atoms with Gasteiger partial charge in [-0.15, -0.1) is 0 Å². The zero-order valence-corrected chi connectivity index (χ0v) is 13.2. The minimum absolute atomic E-state index is 0.0764. The van der Waals surface area contributed by atoms with Crippen LogP contribution in [0.3, 0.4) is 0 Å². The lowest BCUT2D eigenvalue weighted by molar-refractivity contribution is -0.121. The highest BCUT2D eigenvalue weighted by molar-refractivity contribution is 5.88. The summed E-state index contributed by atoms with van der Waals surface area (Å²) in [5.74, 6) is -1.07. The van der Waals surface area contributed by atoms with Crippen molar-refractivity contribution in [3.8, 4) is 0 Å². The third kappa shape index (κ3) is 5.25. The number of hydrogen-bond donors (Lipinski definition) is 2. The molecule has 0 aliphatic rings. The van der Waals surface area contributed by atoms with Crippen molar-refractivity contribution < 1.29 is 14.7 Å². The van der Waals surface area contributed by atoms with Crippen LogP contribution in [0.1, 0.15) is 34.8 Å². The molecule has 1 amide bonds. The SMILES string of the molecule is CCC(Cc1ccccc1)NC(=O)Cc1cccc(C(=O)O)c1. The quantitative estimate of drug-likeness (QED) is 0.826. The molecule has 2 N–H and O–H groups in total. The van der Waals surface area contributed by atoms with Crippen LogP contribution in [0.5, 0.6) is 0 Å². The molecule has 0 aliphatic carbocycles. The number of carbonyl (C=O) groups is 2. The molecule has 120 valence electrons. The Morgan fingerprint density at radius 1 is 1.04 bits per heavy atom. The van der Waals surface area contributed by atoms with Gasteiger partial charge in [0.2, 0.25) is 5.91 Å². The van der Waals surface area contributed by atoms with E-state index in [1.807, 2.05) is 37.3 Å². The van der Waals surface area contributed by atoms with Gasteiger partial charge in [0.25, 0.3) is 0 Å². The number of aromatic carboxylic acids is 1. The lowest BCUT2D eigenvalue weighted by Gasteiger charge is -2.17. The first-order valence-electron chi connectivity index (χ1n) is 7.74. The van der Waals surface area contributed by atoms with Crippen molar-refractivity contribution in [3.05, 3.63) is 71.3 Å². The van der Waals surface area contributed by atoms with Crippen LogP contribution < -0.4 is 5.32 Å². The molecule has 4 heteroatoms. The predicted molar refractivity (Wildman–Crippen MR) is 89.5 cm³/mol. The summed E-state index contributed by atoms with van der Waals surface area (Å²) < 4.78 is 0. The maximum absolute atomic E-state index is 12.2. The van der Waals surface area contributed by atoms with E-state index in [2.05, 4.69) is 5.32 Å². The number of carboxylic acids is 1. The van der Waals surface area contributed by atoms with Crippen LogP contribution in [0.25, 0.3) is 0 Å². The van der Waals surface area contributed by atoms with Gasteiger partial charge < -0.3 is 10.4 Å². The minimum atomic E-state index is -0.984. The Morgan fingerprint density at radius 2 is 1.74 bits per heavy atom. The number of rotatable bonds is 7. The fourth-order valence-corrected chi connectivity index (χ4v) is 2.47. The van der Waals surface area contributed by atoms with E-state index in [4.69, 9.17) is 5.11 Å². The van der Waals surface area contributed by atoms with E-state index in [0.29, 0.717) is 5.56 Å². The zero-order chi connectivity index (χ0) is 16.7. The summed E-state index contributed by atoms with van der Waals surface area (Å²) in [6.07, 6.45) is 1.82. The average Bonchev–Trinajstić information content (AvgIpc) is 2.55. The lowest BCUT2D eigenvalue weighted by atomic mass is 10.0. The molecule has 4 nitrogen and oxygen atoms in total. The number of carboxylic acid groups (broad SMARTS) is 1. The molecule has 0 fully saturated rings. The summed E-state index contributed by atoms with van der Waals surface area (Å²) in [7, 11) is 0. The Balaban J connectivity index is 1.95. The molecule has 2 aromatic rings. The molecule has 23 heavy (non-hydrogen) atoms. The number of nitrogens with one attached hydrogen (secondary N) is 1. The molecule has 2 aromatic carbocycles. The van der Waals surface area contributed by atoms with Crippen LogP contribution in [0.15, 0.2) is 54.6 Å². The third-order valence-corrected chi connectivity index (χ3v) is 3.72. The molecule has 2 rings (SSSR count). The fraction of sp³-hybridized carbons (Fsp3) is 0.263. The Hall–Kier alpha value is -2.62. The van der Waals surface area contributed by atoms with Gasteiger partial charge in [0.05, 0.1) is 12.0 Å². The monoisotopic (exact) mass is 311 g/mol. The number of amides is 1. The van der Waals surface area contributed by atoms with Crippen molar-refractivity contribution in [1.82, 2.24) is 5.32 Å². The van der Waals surface area contributed by atoms with Crippen molar-refractivity contribution in [2.24, 2.45) is 0 Å². The van der Waals surface area contributed by atoms with Gasteiger partial charge in [0.15, 0.2) is 0 Å². The Morgan fingerprint density at radius 3 is 2.39 bits per heavy atom. The Kier molecular flexibility index (Phi) is 5.92. The molecule has 0 saturated heterocycles. The second-order valence-corrected chi connectivity index (χ2v) is 5.54. The highest BCUT2D eigenvalue weighted by atomic mass is 16.4. The largest absolute Gasteiger partial charge is 0.478 e. The van der Waals surface area contributed by atoms with Crippen molar-refractivity contribution in [3.63, 3.8) is 0 Å². The first kappa shape index (κ1) is 16.7. The molecule has 0 aromatic heterocycles. The molecule has 1 atom stereocenters. The van der Waals surface area contributed by atoms with E-state index in [-0.39, 0.29) is 23.9 Å². The highest BCUT2D eigenvalue weighted by Gasteiger charge is 2.12. The third-order valence-electron chi connectivity index (χ3n) is 3.72. The number of benzene rings is 2. The second kappa shape index (κ2) is 8.13. The van der Waals surface area contributed by atoms with Crippen LogP contribution in [0, 0.1) is 0 Å². The van der Waals surface area contributed by atoms with Gasteiger partial charge >= 0.3 is 5.97 Å². The smallest absolute Gasteiger partial charge is 0.335 e. The molecule has 0 bridgehead atoms. The molecule has 1 unspecified atom stereocenters. The standard InChI is InChI=1S/C19H21NO3/c1-2-17(12-14-7-4-3-5-8-14)20-18(21)13-15-9-6-10-16(11-15)19(22)23/h3-11,17H,2,12-13H2,1H3,(H,20,21)(H,22,23). The van der Waals surface area contributed by atoms with E-state index >= 15 is 0 Å². The summed E-state index contributed by atoms with van der Waals surface area (Å²) in [6.45, 7) is 2.04. The summed E-state index contributed by atoms with van der Waals surface area (Å²) >= 11 is 0. The summed E-state index contributed by atoms with van der Waals surface area (Å²) in [6, 6.07) is 16.6. The van der Waals surface area contributed by atoms with E-state index < -0.39 is 5.97 Å². The van der Waals surface area contributed by atoms with Gasteiger partial charge in [-0.25, -0.2) is 4.79 Å². The van der Waals surface area contributed by atoms with Gasteiger partial charge in [-0.2, -0.15) is 0 Å². The van der Waals surface area contributed by atoms with Crippen LogP contribution >= 0.6 is 0 Å². The van der Waals surface area contributed by atoms with Gasteiger partial charge in [-0.1, -0.05) is 49.4 Å². The number of carbonyl (C=O) groups excluding carboxylic acids is 1. The maximum Gasteiger partial charge on any atom is 0.335 e. The minimum Gasteiger partial charge on any atom is -0.478 e. The molecule has 0 saturated carbocycles. The lowest BCUT2D eigenvalue weighted by Crippen LogP contribution is -2.36. The Bertz CT molecular complexity index is 667. The molecule has 0 aliphatic heterocycles. The summed E-state index contributed by atoms with van der Waals surface area (Å²) in [5.41, 5.74) is 2.09. The first-order valence-corrected chi connectivity index (χ1v) is 7.74. The molecular formula is C19H21NO3. The van der Waals surface area contributed by atoms with Gasteiger partial charge in [0.1, 0.15) is 0 Å². The van der Waals surface area contributed by atoms with Crippen molar-refractivity contribution in [2.75, 3.05) is 0 Å². The van der Waals surface area contributed by atoms with Crippen LogP contribution in [-0.2, 0) is 17.6 Å². The summed E-state index contributed by atoms with van der Waals surface area (Å²) in [4.78, 5) is 23.2. The molecular weight excluding hydrogens is 290 g/mol. The van der Waals surface area contributed by atoms with Crippen LogP contribution in [0.4, 0.5) is 0 Å². The maximum atomic E-state index is 12.2. The van der Waals surface area contributed by atoms with Gasteiger partial charge in [-0.3, -0.25) is 4.79 Å². The van der Waals surface area contributed by atoms with E-state index in [1.54, 1.807) is 18.2 Å². The molecule has 0 radical (unpaired) electrons. The Labute approximate surface area is 136 Å². The summed E-state index contributed by atoms with van der Waals surface area (Å²) in [5, 5.41) is 12.0.